The maximum atomic E-state index is 12.4. The quantitative estimate of drug-likeness (QED) is 0.186. The minimum absolute atomic E-state index is 0.267. The van der Waals surface area contributed by atoms with Crippen molar-refractivity contribution in [1.82, 2.24) is 24.5 Å². The molecule has 5 rings (SSSR count). The molecule has 1 aromatic carbocycles. The summed E-state index contributed by atoms with van der Waals surface area (Å²) in [4.78, 5) is 30.5. The lowest BCUT2D eigenvalue weighted by atomic mass is 10.1. The predicted octanol–water partition coefficient (Wildman–Crippen LogP) is 2.37. The normalized spacial score (nSPS) is 14.7. The molecule has 1 aliphatic heterocycles. The average Bonchev–Trinajstić information content (AvgIpc) is 2.89. The van der Waals surface area contributed by atoms with Gasteiger partial charge in [0.2, 0.25) is 0 Å². The highest BCUT2D eigenvalue weighted by Crippen LogP contribution is 2.29. The summed E-state index contributed by atoms with van der Waals surface area (Å²) in [5.41, 5.74) is 0.170. The zero-order valence-electron chi connectivity index (χ0n) is 19.1. The van der Waals surface area contributed by atoms with Crippen LogP contribution in [0.1, 0.15) is 6.42 Å². The van der Waals surface area contributed by atoms with E-state index in [2.05, 4.69) is 36.9 Å². The molecular formula is C24H27N7O2S. The van der Waals surface area contributed by atoms with Crippen LogP contribution in [-0.4, -0.2) is 70.1 Å². The Kier molecular flexibility index (Phi) is 6.50. The van der Waals surface area contributed by atoms with E-state index in [1.807, 2.05) is 18.3 Å². The molecule has 34 heavy (non-hydrogen) atoms. The van der Waals surface area contributed by atoms with E-state index in [0.29, 0.717) is 16.2 Å². The van der Waals surface area contributed by atoms with Crippen molar-refractivity contribution >= 4 is 39.4 Å². The molecule has 176 valence electrons. The van der Waals surface area contributed by atoms with Gasteiger partial charge in [-0.15, -0.1) is 0 Å². The van der Waals surface area contributed by atoms with Crippen molar-refractivity contribution in [2.75, 3.05) is 56.3 Å². The monoisotopic (exact) mass is 477 g/mol. The molecule has 0 radical (unpaired) electrons. The molecule has 0 unspecified atom stereocenters. The standard InChI is InChI=1S/C24H27N7O2S/c1-33-18-6-5-17-7-9-27-22(20(17)16-18)30-13-11-29(12-14-30)10-3-15-34-24-28-21-19(4-2-8-26-21)23(32)31(24)25/h2,4-9,16H,3,10-15,25H2,1H3. The molecule has 1 saturated heterocycles. The van der Waals surface area contributed by atoms with Gasteiger partial charge in [0, 0.05) is 49.7 Å². The van der Waals surface area contributed by atoms with Crippen LogP contribution in [0.15, 0.2) is 58.7 Å². The van der Waals surface area contributed by atoms with E-state index < -0.39 is 0 Å². The van der Waals surface area contributed by atoms with Crippen molar-refractivity contribution in [1.29, 1.82) is 0 Å². The van der Waals surface area contributed by atoms with Crippen molar-refractivity contribution in [2.45, 2.75) is 11.6 Å². The molecule has 3 aromatic heterocycles. The van der Waals surface area contributed by atoms with Gasteiger partial charge in [-0.2, -0.15) is 0 Å². The lowest BCUT2D eigenvalue weighted by Crippen LogP contribution is -2.47. The van der Waals surface area contributed by atoms with E-state index >= 15 is 0 Å². The maximum absolute atomic E-state index is 12.4. The van der Waals surface area contributed by atoms with Gasteiger partial charge in [0.25, 0.3) is 5.56 Å². The molecule has 0 aliphatic carbocycles. The zero-order chi connectivity index (χ0) is 23.5. The molecule has 0 saturated carbocycles. The number of anilines is 1. The Hall–Kier alpha value is -3.37. The van der Waals surface area contributed by atoms with Gasteiger partial charge in [0.05, 0.1) is 12.5 Å². The van der Waals surface area contributed by atoms with Crippen molar-refractivity contribution in [3.8, 4) is 5.75 Å². The highest BCUT2D eigenvalue weighted by atomic mass is 32.2. The first-order valence-corrected chi connectivity index (χ1v) is 12.3. The lowest BCUT2D eigenvalue weighted by molar-refractivity contribution is 0.259. The molecule has 2 N–H and O–H groups in total. The van der Waals surface area contributed by atoms with Crippen molar-refractivity contribution in [3.05, 3.63) is 59.1 Å². The Morgan fingerprint density at radius 1 is 1.06 bits per heavy atom. The number of piperazine rings is 1. The molecular weight excluding hydrogens is 450 g/mol. The number of rotatable bonds is 7. The summed E-state index contributed by atoms with van der Waals surface area (Å²) in [7, 11) is 1.69. The van der Waals surface area contributed by atoms with Crippen LogP contribution in [0.4, 0.5) is 5.82 Å². The van der Waals surface area contributed by atoms with E-state index in [9.17, 15) is 4.79 Å². The smallest absolute Gasteiger partial charge is 0.282 e. The average molecular weight is 478 g/mol. The number of benzene rings is 1. The molecule has 1 aliphatic rings. The first-order valence-electron chi connectivity index (χ1n) is 11.3. The number of nitrogens with zero attached hydrogens (tertiary/aromatic N) is 6. The Morgan fingerprint density at radius 2 is 1.91 bits per heavy atom. The molecule has 1 fully saturated rings. The number of hydrogen-bond donors (Lipinski definition) is 1. The van der Waals surface area contributed by atoms with Crippen LogP contribution in [0.3, 0.4) is 0 Å². The zero-order valence-corrected chi connectivity index (χ0v) is 19.9. The van der Waals surface area contributed by atoms with Crippen LogP contribution < -0.4 is 21.0 Å². The lowest BCUT2D eigenvalue weighted by Gasteiger charge is -2.35. The largest absolute Gasteiger partial charge is 0.497 e. The number of nitrogens with two attached hydrogens (primary N) is 1. The Bertz CT molecular complexity index is 1370. The fourth-order valence-electron chi connectivity index (χ4n) is 4.26. The summed E-state index contributed by atoms with van der Waals surface area (Å²) in [5.74, 6) is 8.65. The van der Waals surface area contributed by atoms with Crippen molar-refractivity contribution in [3.63, 3.8) is 0 Å². The number of fused-ring (bicyclic) bond motifs is 2. The van der Waals surface area contributed by atoms with Gasteiger partial charge in [0.1, 0.15) is 11.6 Å². The van der Waals surface area contributed by atoms with Crippen LogP contribution in [0.5, 0.6) is 5.75 Å². The van der Waals surface area contributed by atoms with E-state index in [1.165, 1.54) is 17.1 Å². The molecule has 0 spiro atoms. The SMILES string of the molecule is COc1ccc2ccnc(N3CCN(CCCSc4nc5ncccc5c(=O)n4N)CC3)c2c1. The summed E-state index contributed by atoms with van der Waals surface area (Å²) in [6.45, 7) is 4.80. The van der Waals surface area contributed by atoms with E-state index in [1.54, 1.807) is 25.4 Å². The minimum Gasteiger partial charge on any atom is -0.497 e. The van der Waals surface area contributed by atoms with E-state index in [-0.39, 0.29) is 5.56 Å². The summed E-state index contributed by atoms with van der Waals surface area (Å²) in [6.07, 6.45) is 4.49. The van der Waals surface area contributed by atoms with Gasteiger partial charge < -0.3 is 15.5 Å². The molecule has 4 aromatic rings. The first kappa shape index (κ1) is 22.4. The fraction of sp³-hybridized carbons (Fsp3) is 0.333. The minimum atomic E-state index is -0.267. The van der Waals surface area contributed by atoms with Crippen LogP contribution in [-0.2, 0) is 0 Å². The number of methoxy groups -OCH3 is 1. The highest BCUT2D eigenvalue weighted by molar-refractivity contribution is 7.99. The highest BCUT2D eigenvalue weighted by Gasteiger charge is 2.20. The molecule has 0 amide bonds. The predicted molar refractivity (Wildman–Crippen MR) is 136 cm³/mol. The third-order valence-corrected chi connectivity index (χ3v) is 7.16. The topological polar surface area (TPSA) is 102 Å². The van der Waals surface area contributed by atoms with E-state index in [4.69, 9.17) is 10.6 Å². The number of ether oxygens (including phenoxy) is 1. The Morgan fingerprint density at radius 3 is 2.74 bits per heavy atom. The molecule has 0 bridgehead atoms. The van der Waals surface area contributed by atoms with Crippen LogP contribution in [0.25, 0.3) is 21.8 Å². The summed E-state index contributed by atoms with van der Waals surface area (Å²) in [5, 5.41) is 3.22. The van der Waals surface area contributed by atoms with E-state index in [0.717, 1.165) is 66.5 Å². The number of pyridine rings is 2. The summed E-state index contributed by atoms with van der Waals surface area (Å²) in [6, 6.07) is 11.6. The van der Waals surface area contributed by atoms with Gasteiger partial charge in [-0.3, -0.25) is 9.69 Å². The maximum Gasteiger partial charge on any atom is 0.282 e. The fourth-order valence-corrected chi connectivity index (χ4v) is 5.09. The van der Waals surface area contributed by atoms with Gasteiger partial charge >= 0.3 is 0 Å². The van der Waals surface area contributed by atoms with Crippen molar-refractivity contribution < 1.29 is 4.74 Å². The summed E-state index contributed by atoms with van der Waals surface area (Å²) >= 11 is 1.49. The third-order valence-electron chi connectivity index (χ3n) is 6.12. The Balaban J connectivity index is 1.15. The van der Waals surface area contributed by atoms with Crippen LogP contribution in [0.2, 0.25) is 0 Å². The molecule has 10 heteroatoms. The molecule has 4 heterocycles. The van der Waals surface area contributed by atoms with Gasteiger partial charge in [-0.05, 0) is 48.7 Å². The number of thioether (sulfide) groups is 1. The molecule has 0 atom stereocenters. The van der Waals surface area contributed by atoms with Gasteiger partial charge in [-0.25, -0.2) is 19.6 Å². The number of nitrogen functional groups attached to an aromatic ring is 1. The second kappa shape index (κ2) is 9.86. The van der Waals surface area contributed by atoms with Crippen LogP contribution in [0, 0.1) is 0 Å². The number of aromatic nitrogens is 4. The Labute approximate surface area is 201 Å². The van der Waals surface area contributed by atoms with Crippen LogP contribution >= 0.6 is 11.8 Å². The van der Waals surface area contributed by atoms with Gasteiger partial charge in [-0.1, -0.05) is 17.8 Å². The van der Waals surface area contributed by atoms with Gasteiger partial charge in [0.15, 0.2) is 10.8 Å². The van der Waals surface area contributed by atoms with Crippen molar-refractivity contribution in [2.24, 2.45) is 0 Å². The third kappa shape index (κ3) is 4.51. The first-order chi connectivity index (χ1) is 16.6. The second-order valence-corrected chi connectivity index (χ2v) is 9.26. The second-order valence-electron chi connectivity index (χ2n) is 8.20. The summed E-state index contributed by atoms with van der Waals surface area (Å²) < 4.78 is 6.54. The molecule has 9 nitrogen and oxygen atoms in total. The number of hydrogen-bond acceptors (Lipinski definition) is 9.